The van der Waals surface area contributed by atoms with E-state index in [4.69, 9.17) is 9.90 Å². The molecule has 0 amide bonds. The molecule has 4 rings (SSSR count). The van der Waals surface area contributed by atoms with Crippen molar-refractivity contribution in [2.45, 2.75) is 31.0 Å². The van der Waals surface area contributed by atoms with Crippen LogP contribution in [0, 0.1) is 12.7 Å². The van der Waals surface area contributed by atoms with E-state index in [1.54, 1.807) is 12.1 Å². The molecule has 14 heteroatoms. The molecular formula is C27H27F4N3O6S. The van der Waals surface area contributed by atoms with E-state index in [2.05, 4.69) is 41.7 Å². The van der Waals surface area contributed by atoms with Crippen molar-refractivity contribution < 1.29 is 45.8 Å². The Morgan fingerprint density at radius 3 is 2.15 bits per heavy atom. The third-order valence-electron chi connectivity index (χ3n) is 6.15. The average Bonchev–Trinajstić information content (AvgIpc) is 2.88. The molecule has 1 aliphatic rings. The van der Waals surface area contributed by atoms with Crippen LogP contribution >= 0.6 is 0 Å². The molecule has 1 aliphatic heterocycles. The lowest BCUT2D eigenvalue weighted by molar-refractivity contribution is -0.192. The molecule has 0 aliphatic carbocycles. The molecule has 9 nitrogen and oxygen atoms in total. The number of rotatable bonds is 6. The predicted molar refractivity (Wildman–Crippen MR) is 145 cm³/mol. The summed E-state index contributed by atoms with van der Waals surface area (Å²) in [5.74, 6) is -4.45. The molecule has 3 N–H and O–H groups in total. The zero-order valence-corrected chi connectivity index (χ0v) is 22.7. The molecule has 0 radical (unpaired) electrons. The Balaban J connectivity index is 0.000000587. The van der Waals surface area contributed by atoms with E-state index in [0.717, 1.165) is 36.5 Å². The quantitative estimate of drug-likeness (QED) is 0.340. The molecule has 1 saturated heterocycles. The third-order valence-corrected chi connectivity index (χ3v) is 7.54. The Morgan fingerprint density at radius 2 is 1.61 bits per heavy atom. The van der Waals surface area contributed by atoms with Gasteiger partial charge in [0, 0.05) is 37.1 Å². The number of anilines is 3. The van der Waals surface area contributed by atoms with Crippen LogP contribution in [-0.4, -0.2) is 62.4 Å². The van der Waals surface area contributed by atoms with Crippen molar-refractivity contribution in [3.8, 4) is 0 Å². The molecule has 1 fully saturated rings. The van der Waals surface area contributed by atoms with Gasteiger partial charge in [-0.15, -0.1) is 0 Å². The number of aryl methyl sites for hydroxylation is 1. The molecule has 1 atom stereocenters. The largest absolute Gasteiger partial charge is 0.490 e. The SMILES string of the molecule is Cc1cccc(N2CCN(c3ccc(NS(=O)(=O)c4ccc(F)cc4)cc3C(=O)O)CC2C)c1.O=C(O)C(F)(F)F. The number of piperazine rings is 1. The Hall–Kier alpha value is -4.33. The molecule has 41 heavy (non-hydrogen) atoms. The van der Waals surface area contributed by atoms with Crippen molar-refractivity contribution in [1.82, 2.24) is 0 Å². The molecule has 3 aromatic rings. The van der Waals surface area contributed by atoms with Crippen molar-refractivity contribution in [2.75, 3.05) is 34.2 Å². The summed E-state index contributed by atoms with van der Waals surface area (Å²) in [5, 5.41) is 17.0. The number of aromatic carboxylic acids is 1. The summed E-state index contributed by atoms with van der Waals surface area (Å²) in [6.07, 6.45) is -5.08. The Bertz CT molecular complexity index is 1510. The standard InChI is InChI=1S/C25H26FN3O4S.C2HF3O2/c1-17-4-3-5-21(14-17)29-13-12-28(16-18(29)2)24-11-8-20(15-23(24)25(30)31)27-34(32,33)22-9-6-19(26)7-10-22;3-2(4,5)1(6)7/h3-11,14-15,18,27H,12-13,16H2,1-2H3,(H,30,31);(H,6,7). The van der Waals surface area contributed by atoms with E-state index in [1.807, 2.05) is 11.0 Å². The Morgan fingerprint density at radius 1 is 0.976 bits per heavy atom. The average molecular weight is 598 g/mol. The lowest BCUT2D eigenvalue weighted by Gasteiger charge is -2.42. The lowest BCUT2D eigenvalue weighted by Crippen LogP contribution is -2.52. The number of nitrogens with one attached hydrogen (secondary N) is 1. The number of aliphatic carboxylic acids is 1. The van der Waals surface area contributed by atoms with Gasteiger partial charge in [-0.3, -0.25) is 4.72 Å². The number of sulfonamides is 1. The van der Waals surface area contributed by atoms with Gasteiger partial charge in [-0.1, -0.05) is 12.1 Å². The van der Waals surface area contributed by atoms with E-state index in [1.165, 1.54) is 11.6 Å². The van der Waals surface area contributed by atoms with Gasteiger partial charge >= 0.3 is 18.1 Å². The van der Waals surface area contributed by atoms with E-state index in [-0.39, 0.29) is 22.2 Å². The van der Waals surface area contributed by atoms with Crippen molar-refractivity contribution in [2.24, 2.45) is 0 Å². The molecule has 0 aromatic heterocycles. The fourth-order valence-electron chi connectivity index (χ4n) is 4.24. The second kappa shape index (κ2) is 12.5. The first-order valence-corrected chi connectivity index (χ1v) is 13.6. The van der Waals surface area contributed by atoms with E-state index in [9.17, 15) is 35.9 Å². The van der Waals surface area contributed by atoms with Crippen molar-refractivity contribution >= 4 is 39.0 Å². The smallest absolute Gasteiger partial charge is 0.478 e. The highest BCUT2D eigenvalue weighted by atomic mass is 32.2. The van der Waals surface area contributed by atoms with Crippen LogP contribution in [0.15, 0.2) is 71.6 Å². The first-order chi connectivity index (χ1) is 19.1. The van der Waals surface area contributed by atoms with Gasteiger partial charge in [0.2, 0.25) is 0 Å². The minimum Gasteiger partial charge on any atom is -0.478 e. The summed E-state index contributed by atoms with van der Waals surface area (Å²) in [5.41, 5.74) is 2.98. The van der Waals surface area contributed by atoms with Gasteiger partial charge in [0.25, 0.3) is 10.0 Å². The molecule has 3 aromatic carbocycles. The summed E-state index contributed by atoms with van der Waals surface area (Å²) < 4.78 is 72.5. The van der Waals surface area contributed by atoms with Crippen LogP contribution in [0.4, 0.5) is 34.6 Å². The summed E-state index contributed by atoms with van der Waals surface area (Å²) in [7, 11) is -3.99. The number of benzene rings is 3. The summed E-state index contributed by atoms with van der Waals surface area (Å²) >= 11 is 0. The maximum absolute atomic E-state index is 13.1. The van der Waals surface area contributed by atoms with Gasteiger partial charge < -0.3 is 20.0 Å². The molecular weight excluding hydrogens is 570 g/mol. The van der Waals surface area contributed by atoms with Crippen LogP contribution in [0.2, 0.25) is 0 Å². The van der Waals surface area contributed by atoms with Gasteiger partial charge in [-0.05, 0) is 74.0 Å². The number of halogens is 4. The molecule has 0 bridgehead atoms. The zero-order chi connectivity index (χ0) is 30.5. The van der Waals surface area contributed by atoms with Crippen LogP contribution in [0.5, 0.6) is 0 Å². The first kappa shape index (κ1) is 31.2. The van der Waals surface area contributed by atoms with Gasteiger partial charge in [-0.2, -0.15) is 13.2 Å². The fourth-order valence-corrected chi connectivity index (χ4v) is 5.29. The summed E-state index contributed by atoms with van der Waals surface area (Å²) in [4.78, 5) is 25.1. The molecule has 0 spiro atoms. The van der Waals surface area contributed by atoms with Crippen LogP contribution in [0.25, 0.3) is 0 Å². The van der Waals surface area contributed by atoms with Crippen LogP contribution in [0.3, 0.4) is 0 Å². The normalized spacial score (nSPS) is 15.5. The first-order valence-electron chi connectivity index (χ1n) is 12.1. The topological polar surface area (TPSA) is 127 Å². The second-order valence-electron chi connectivity index (χ2n) is 9.23. The number of hydrogen-bond acceptors (Lipinski definition) is 6. The van der Waals surface area contributed by atoms with Crippen molar-refractivity contribution in [3.63, 3.8) is 0 Å². The second-order valence-corrected chi connectivity index (χ2v) is 10.9. The fraction of sp³-hybridized carbons (Fsp3) is 0.259. The van der Waals surface area contributed by atoms with Crippen LogP contribution in [0.1, 0.15) is 22.8 Å². The number of carboxylic acids is 2. The molecule has 1 heterocycles. The van der Waals surface area contributed by atoms with E-state index in [0.29, 0.717) is 18.8 Å². The highest BCUT2D eigenvalue weighted by molar-refractivity contribution is 7.92. The van der Waals surface area contributed by atoms with Gasteiger partial charge in [-0.25, -0.2) is 22.4 Å². The Labute approximate surface area is 233 Å². The highest BCUT2D eigenvalue weighted by Gasteiger charge is 2.38. The van der Waals surface area contributed by atoms with Crippen molar-refractivity contribution in [1.29, 1.82) is 0 Å². The van der Waals surface area contributed by atoms with Gasteiger partial charge in [0.15, 0.2) is 0 Å². The number of carbonyl (C=O) groups is 2. The van der Waals surface area contributed by atoms with Crippen LogP contribution in [-0.2, 0) is 14.8 Å². The summed E-state index contributed by atoms with van der Waals surface area (Å²) in [6, 6.07) is 17.3. The minimum absolute atomic E-state index is 0.00973. The Kier molecular flexibility index (Phi) is 9.48. The number of carboxylic acid groups (broad SMARTS) is 2. The monoisotopic (exact) mass is 597 g/mol. The molecule has 0 saturated carbocycles. The van der Waals surface area contributed by atoms with Crippen LogP contribution < -0.4 is 14.5 Å². The molecule has 220 valence electrons. The number of hydrogen-bond donors (Lipinski definition) is 3. The maximum Gasteiger partial charge on any atom is 0.490 e. The van der Waals surface area contributed by atoms with Crippen molar-refractivity contribution in [3.05, 3.63) is 83.7 Å². The predicted octanol–water partition coefficient (Wildman–Crippen LogP) is 4.98. The lowest BCUT2D eigenvalue weighted by atomic mass is 10.1. The molecule has 1 unspecified atom stereocenters. The third kappa shape index (κ3) is 8.10. The van der Waals surface area contributed by atoms with E-state index >= 15 is 0 Å². The maximum atomic E-state index is 13.1. The number of alkyl halides is 3. The van der Waals surface area contributed by atoms with E-state index < -0.39 is 34.0 Å². The highest BCUT2D eigenvalue weighted by Crippen LogP contribution is 2.30. The summed E-state index contributed by atoms with van der Waals surface area (Å²) in [6.45, 7) is 6.12. The minimum atomic E-state index is -5.08. The van der Waals surface area contributed by atoms with Gasteiger partial charge in [0.1, 0.15) is 5.82 Å². The zero-order valence-electron chi connectivity index (χ0n) is 21.9. The number of nitrogens with zero attached hydrogens (tertiary/aromatic N) is 2. The van der Waals surface area contributed by atoms with Gasteiger partial charge in [0.05, 0.1) is 16.1 Å².